The molecule has 4 saturated heterocycles. The van der Waals surface area contributed by atoms with Gasteiger partial charge in [0.2, 0.25) is 0 Å². The number of nitrogens with zero attached hydrogens (tertiary/aromatic N) is 5. The Hall–Kier alpha value is -2.56. The van der Waals surface area contributed by atoms with E-state index in [1.54, 1.807) is 6.92 Å². The van der Waals surface area contributed by atoms with Crippen LogP contribution >= 0.6 is 0 Å². The highest BCUT2D eigenvalue weighted by molar-refractivity contribution is 5.92. The first-order valence-electron chi connectivity index (χ1n) is 28.7. The Morgan fingerprint density at radius 2 is 1.36 bits per heavy atom. The lowest BCUT2D eigenvalue weighted by Crippen LogP contribution is -2.62. The van der Waals surface area contributed by atoms with E-state index in [1.165, 1.54) is 50.5 Å². The van der Waals surface area contributed by atoms with E-state index < -0.39 is 42.7 Å². The fourth-order valence-electron chi connectivity index (χ4n) is 12.8. The van der Waals surface area contributed by atoms with Crippen molar-refractivity contribution in [1.29, 1.82) is 0 Å². The van der Waals surface area contributed by atoms with Gasteiger partial charge in [0.25, 0.3) is 0 Å². The Balaban J connectivity index is 1.35. The maximum Gasteiger partial charge on any atom is 0.308 e. The molecule has 1 aromatic carbocycles. The molecule has 0 aliphatic carbocycles. The fourth-order valence-corrected chi connectivity index (χ4v) is 12.8. The number of likely N-dealkylation sites (tertiary alicyclic amines) is 3. The summed E-state index contributed by atoms with van der Waals surface area (Å²) >= 11 is 0. The van der Waals surface area contributed by atoms with E-state index in [0.29, 0.717) is 32.2 Å². The summed E-state index contributed by atoms with van der Waals surface area (Å²) in [6.45, 7) is 19.8. The number of benzene rings is 1. The molecular formula is C59H99N5O8. The van der Waals surface area contributed by atoms with Gasteiger partial charge in [-0.15, -0.1) is 0 Å². The number of rotatable bonds is 19. The van der Waals surface area contributed by atoms with E-state index in [4.69, 9.17) is 14.2 Å². The van der Waals surface area contributed by atoms with Crippen molar-refractivity contribution < 1.29 is 39.1 Å². The van der Waals surface area contributed by atoms with Crippen LogP contribution in [0.1, 0.15) is 143 Å². The van der Waals surface area contributed by atoms with Crippen LogP contribution in [0, 0.1) is 23.7 Å². The molecule has 0 aromatic heterocycles. The van der Waals surface area contributed by atoms with E-state index in [9.17, 15) is 20.1 Å². The second kappa shape index (κ2) is 30.3. The second-order valence-electron chi connectivity index (χ2n) is 23.0. The van der Waals surface area contributed by atoms with Crippen LogP contribution in [0.3, 0.4) is 0 Å². The summed E-state index contributed by atoms with van der Waals surface area (Å²) < 4.78 is 18.8. The van der Waals surface area contributed by atoms with Gasteiger partial charge < -0.3 is 49.1 Å². The number of likely N-dealkylation sites (N-methyl/N-ethyl adjacent to an activating group) is 1. The minimum atomic E-state index is -1.07. The summed E-state index contributed by atoms with van der Waals surface area (Å²) in [5.41, 5.74) is 2.32. The van der Waals surface area contributed by atoms with Gasteiger partial charge in [0, 0.05) is 43.1 Å². The number of cyclic esters (lactones) is 1. The lowest BCUT2D eigenvalue weighted by molar-refractivity contribution is -0.281. The molecule has 5 aliphatic heterocycles. The maximum atomic E-state index is 15.1. The van der Waals surface area contributed by atoms with Gasteiger partial charge in [0.05, 0.1) is 44.0 Å². The number of ether oxygens (including phenoxy) is 3. The van der Waals surface area contributed by atoms with Crippen molar-refractivity contribution in [3.63, 3.8) is 0 Å². The van der Waals surface area contributed by atoms with E-state index in [2.05, 4.69) is 83.7 Å². The Morgan fingerprint density at radius 1 is 0.764 bits per heavy atom. The maximum absolute atomic E-state index is 15.1. The minimum Gasteiger partial charge on any atom is -0.465 e. The number of carbonyl (C=O) groups is 2. The number of aliphatic hydroxyl groups excluding tert-OH is 3. The molecule has 8 unspecified atom stereocenters. The third kappa shape index (κ3) is 18.0. The molecule has 13 atom stereocenters. The largest absolute Gasteiger partial charge is 0.465 e. The van der Waals surface area contributed by atoms with Crippen LogP contribution < -0.4 is 0 Å². The topological polar surface area (TPSA) is 139 Å². The van der Waals surface area contributed by atoms with Crippen LogP contribution in [0.2, 0.25) is 0 Å². The summed E-state index contributed by atoms with van der Waals surface area (Å²) in [6.07, 6.45) is 16.6. The summed E-state index contributed by atoms with van der Waals surface area (Å²) in [5.74, 6) is -1.03. The molecule has 0 saturated carbocycles. The van der Waals surface area contributed by atoms with Gasteiger partial charge in [-0.2, -0.15) is 0 Å². The van der Waals surface area contributed by atoms with E-state index in [0.717, 1.165) is 83.6 Å². The molecule has 0 bridgehead atoms. The van der Waals surface area contributed by atoms with Crippen LogP contribution in [-0.2, 0) is 30.3 Å². The van der Waals surface area contributed by atoms with Crippen LogP contribution in [0.15, 0.2) is 54.1 Å². The first kappa shape index (κ1) is 58.7. The summed E-state index contributed by atoms with van der Waals surface area (Å²) in [6, 6.07) is 10.6. The zero-order valence-corrected chi connectivity index (χ0v) is 45.8. The number of ketones is 1. The van der Waals surface area contributed by atoms with Crippen molar-refractivity contribution in [2.45, 2.75) is 199 Å². The summed E-state index contributed by atoms with van der Waals surface area (Å²) in [5, 5.41) is 34.9. The zero-order valence-electron chi connectivity index (χ0n) is 45.8. The highest BCUT2D eigenvalue weighted by Crippen LogP contribution is 2.36. The molecule has 6 rings (SSSR count). The van der Waals surface area contributed by atoms with Gasteiger partial charge in [-0.05, 0) is 194 Å². The van der Waals surface area contributed by atoms with Crippen LogP contribution in [0.25, 0.3) is 0 Å². The molecule has 408 valence electrons. The highest BCUT2D eigenvalue weighted by Gasteiger charge is 2.45. The molecule has 5 heterocycles. The number of allylic oxidation sites excluding steroid dienone is 2. The minimum absolute atomic E-state index is 0.115. The number of hydrogen-bond donors (Lipinski definition) is 3. The van der Waals surface area contributed by atoms with Gasteiger partial charge >= 0.3 is 5.97 Å². The Morgan fingerprint density at radius 3 is 1.96 bits per heavy atom. The van der Waals surface area contributed by atoms with E-state index in [-0.39, 0.29) is 67.2 Å². The molecule has 72 heavy (non-hydrogen) atoms. The molecule has 13 heteroatoms. The van der Waals surface area contributed by atoms with Crippen molar-refractivity contribution in [1.82, 2.24) is 24.5 Å². The SMILES string of the molecule is CCN(Cc1ccccc1)CC1C=C(CC(C)N2CCCCC2)C=CC(=O)C(CC(C)N2CCCCC2)CCC(CCO[C@@H]2O[C@H](C)[C@@H](O)[C@H](N(C)C)[C@H]2O)C(CC(C)N2CCCCC2)C(O)CC(=O)OC1. The monoisotopic (exact) mass is 1010 g/mol. The molecule has 1 aromatic rings. The predicted octanol–water partition coefficient (Wildman–Crippen LogP) is 7.71. The van der Waals surface area contributed by atoms with Crippen molar-refractivity contribution >= 4 is 11.8 Å². The van der Waals surface area contributed by atoms with Gasteiger partial charge in [0.1, 0.15) is 6.10 Å². The predicted molar refractivity (Wildman–Crippen MR) is 287 cm³/mol. The summed E-state index contributed by atoms with van der Waals surface area (Å²) in [4.78, 5) is 41.3. The average Bonchev–Trinajstić information content (AvgIpc) is 3.38. The van der Waals surface area contributed by atoms with Crippen molar-refractivity contribution in [3.05, 3.63) is 59.7 Å². The third-order valence-corrected chi connectivity index (χ3v) is 17.3. The Labute approximate surface area is 435 Å². The molecule has 5 aliphatic rings. The number of hydrogen-bond acceptors (Lipinski definition) is 13. The number of carbonyl (C=O) groups excluding carboxylic acids is 2. The molecule has 4 fully saturated rings. The van der Waals surface area contributed by atoms with Crippen LogP contribution in [0.5, 0.6) is 0 Å². The normalized spacial score (nSPS) is 32.1. The van der Waals surface area contributed by atoms with Gasteiger partial charge in [0.15, 0.2) is 12.1 Å². The number of esters is 1. The average molecular weight is 1010 g/mol. The highest BCUT2D eigenvalue weighted by atomic mass is 16.7. The lowest BCUT2D eigenvalue weighted by Gasteiger charge is -2.44. The molecule has 13 nitrogen and oxygen atoms in total. The van der Waals surface area contributed by atoms with E-state index >= 15 is 4.79 Å². The molecule has 0 radical (unpaired) electrons. The third-order valence-electron chi connectivity index (χ3n) is 17.3. The molecule has 0 amide bonds. The van der Waals surface area contributed by atoms with Gasteiger partial charge in [-0.1, -0.05) is 68.7 Å². The Bertz CT molecular complexity index is 1780. The van der Waals surface area contributed by atoms with E-state index in [1.807, 2.05) is 31.1 Å². The standard InChI is InChI=1S/C59H99N5O8/c1-8-61(40-47-21-13-9-14-22-47)41-49-38-48(35-43(2)62-28-15-10-16-29-62)23-26-53(65)51(36-44(3)63-30-17-11-18-31-63)25-24-50(27-34-70-59-58(69)56(60(6)7)57(68)46(5)72-59)52(54(66)39-55(67)71-42-49)37-45(4)64-32-19-12-20-33-64/h9,13-14,21-23,26,38,43-46,49-52,54,56-59,66,68-69H,8,10-12,15-20,24-25,27-37,39-42H2,1-7H3/t43?,44?,45?,46-,49?,50?,51?,52?,54?,56+,57-,58-,59-/m1/s1. The fraction of sp³-hybridized carbons (Fsp3) is 0.797. The van der Waals surface area contributed by atoms with Crippen molar-refractivity contribution in [3.8, 4) is 0 Å². The number of piperidine rings is 3. The van der Waals surface area contributed by atoms with Gasteiger partial charge in [-0.25, -0.2) is 0 Å². The smallest absolute Gasteiger partial charge is 0.308 e. The quantitative estimate of drug-likeness (QED) is 0.117. The first-order chi connectivity index (χ1) is 34.7. The van der Waals surface area contributed by atoms with Crippen molar-refractivity contribution in [2.24, 2.45) is 23.7 Å². The van der Waals surface area contributed by atoms with Crippen LogP contribution in [0.4, 0.5) is 0 Å². The van der Waals surface area contributed by atoms with Crippen LogP contribution in [-0.4, -0.2) is 186 Å². The zero-order chi connectivity index (χ0) is 51.6. The molecular weight excluding hydrogens is 907 g/mol. The van der Waals surface area contributed by atoms with Gasteiger partial charge in [-0.3, -0.25) is 14.5 Å². The Kier molecular flexibility index (Phi) is 24.7. The second-order valence-corrected chi connectivity index (χ2v) is 23.0. The first-order valence-corrected chi connectivity index (χ1v) is 28.7. The number of aliphatic hydroxyl groups is 3. The molecule has 0 spiro atoms. The lowest BCUT2D eigenvalue weighted by atomic mass is 9.75. The summed E-state index contributed by atoms with van der Waals surface area (Å²) in [7, 11) is 3.67. The van der Waals surface area contributed by atoms with Crippen molar-refractivity contribution in [2.75, 3.05) is 79.7 Å². The molecule has 3 N–H and O–H groups in total.